The normalized spacial score (nSPS) is 10.6. The van der Waals surface area contributed by atoms with Gasteiger partial charge in [-0.2, -0.15) is 0 Å². The molecule has 0 unspecified atom stereocenters. The molecule has 0 aliphatic rings. The third-order valence-electron chi connectivity index (χ3n) is 1.95. The van der Waals surface area contributed by atoms with Crippen LogP contribution in [0.4, 0.5) is 0 Å². The van der Waals surface area contributed by atoms with Crippen molar-refractivity contribution in [3.63, 3.8) is 0 Å². The summed E-state index contributed by atoms with van der Waals surface area (Å²) in [6, 6.07) is 8.00. The lowest BCUT2D eigenvalue weighted by atomic mass is 10.2. The SMILES string of the molecule is Cc1cc(=S)c2cccc(Br)c2[nH]1. The maximum atomic E-state index is 5.26. The van der Waals surface area contributed by atoms with Crippen molar-refractivity contribution >= 4 is 39.1 Å². The van der Waals surface area contributed by atoms with Gasteiger partial charge in [0.1, 0.15) is 0 Å². The van der Waals surface area contributed by atoms with E-state index in [0.717, 1.165) is 25.6 Å². The zero-order chi connectivity index (χ0) is 9.42. The Hall–Kier alpha value is -0.670. The highest BCUT2D eigenvalue weighted by atomic mass is 79.9. The van der Waals surface area contributed by atoms with E-state index in [9.17, 15) is 0 Å². The molecule has 66 valence electrons. The van der Waals surface area contributed by atoms with E-state index in [4.69, 9.17) is 12.2 Å². The van der Waals surface area contributed by atoms with Gasteiger partial charge in [-0.3, -0.25) is 0 Å². The van der Waals surface area contributed by atoms with E-state index in [1.165, 1.54) is 0 Å². The summed E-state index contributed by atoms with van der Waals surface area (Å²) in [5, 5.41) is 1.09. The first-order valence-corrected chi connectivity index (χ1v) is 5.17. The van der Waals surface area contributed by atoms with Crippen molar-refractivity contribution in [1.29, 1.82) is 0 Å². The van der Waals surface area contributed by atoms with E-state index in [1.54, 1.807) is 0 Å². The van der Waals surface area contributed by atoms with Gasteiger partial charge < -0.3 is 4.98 Å². The number of halogens is 1. The maximum Gasteiger partial charge on any atom is 0.0614 e. The molecule has 0 spiro atoms. The maximum absolute atomic E-state index is 5.26. The van der Waals surface area contributed by atoms with E-state index >= 15 is 0 Å². The van der Waals surface area contributed by atoms with Crippen molar-refractivity contribution in [2.45, 2.75) is 6.92 Å². The molecular weight excluding hydrogens is 246 g/mol. The molecule has 1 heterocycles. The van der Waals surface area contributed by atoms with E-state index in [2.05, 4.69) is 20.9 Å². The summed E-state index contributed by atoms with van der Waals surface area (Å²) in [7, 11) is 0. The van der Waals surface area contributed by atoms with Gasteiger partial charge in [-0.1, -0.05) is 24.4 Å². The summed E-state index contributed by atoms with van der Waals surface area (Å²) in [5.41, 5.74) is 2.16. The third-order valence-corrected chi connectivity index (χ3v) is 2.95. The predicted octanol–water partition coefficient (Wildman–Crippen LogP) is 3.97. The molecule has 1 aromatic heterocycles. The number of rotatable bonds is 0. The molecule has 0 aliphatic carbocycles. The van der Waals surface area contributed by atoms with Crippen LogP contribution in [0.3, 0.4) is 0 Å². The fraction of sp³-hybridized carbons (Fsp3) is 0.100. The van der Waals surface area contributed by atoms with Gasteiger partial charge in [0.15, 0.2) is 0 Å². The Balaban J connectivity index is 3.03. The molecule has 0 saturated heterocycles. The fourth-order valence-corrected chi connectivity index (χ4v) is 2.18. The number of pyridine rings is 1. The number of aromatic amines is 1. The highest BCUT2D eigenvalue weighted by Crippen LogP contribution is 2.22. The zero-order valence-corrected chi connectivity index (χ0v) is 9.50. The average molecular weight is 254 g/mol. The lowest BCUT2D eigenvalue weighted by Gasteiger charge is -2.02. The number of fused-ring (bicyclic) bond motifs is 1. The molecule has 3 heteroatoms. The number of aryl methyl sites for hydroxylation is 1. The van der Waals surface area contributed by atoms with Gasteiger partial charge in [0.05, 0.1) is 5.52 Å². The first-order valence-electron chi connectivity index (χ1n) is 3.96. The fourth-order valence-electron chi connectivity index (χ4n) is 1.36. The van der Waals surface area contributed by atoms with Crippen LogP contribution in [0.25, 0.3) is 10.9 Å². The zero-order valence-electron chi connectivity index (χ0n) is 7.10. The molecular formula is C10H8BrNS. The minimum atomic E-state index is 0.896. The van der Waals surface area contributed by atoms with E-state index in [0.29, 0.717) is 0 Å². The number of aromatic nitrogens is 1. The molecule has 0 fully saturated rings. The van der Waals surface area contributed by atoms with Crippen molar-refractivity contribution in [3.8, 4) is 0 Å². The molecule has 0 aliphatic heterocycles. The number of benzene rings is 1. The largest absolute Gasteiger partial charge is 0.358 e. The molecule has 13 heavy (non-hydrogen) atoms. The first-order chi connectivity index (χ1) is 6.18. The van der Waals surface area contributed by atoms with Crippen LogP contribution < -0.4 is 0 Å². The summed E-state index contributed by atoms with van der Waals surface area (Å²) in [5.74, 6) is 0. The Morgan fingerprint density at radius 3 is 2.92 bits per heavy atom. The monoisotopic (exact) mass is 253 g/mol. The second-order valence-corrected chi connectivity index (χ2v) is 4.27. The topological polar surface area (TPSA) is 15.8 Å². The predicted molar refractivity (Wildman–Crippen MR) is 61.6 cm³/mol. The standard InChI is InChI=1S/C10H8BrNS/c1-6-5-9(13)7-3-2-4-8(11)10(7)12-6/h2-5H,1H3,(H,12,13). The van der Waals surface area contributed by atoms with Crippen LogP contribution in [-0.2, 0) is 0 Å². The third kappa shape index (κ3) is 1.54. The molecule has 0 bridgehead atoms. The quantitative estimate of drug-likeness (QED) is 0.703. The summed E-state index contributed by atoms with van der Waals surface area (Å²) < 4.78 is 1.95. The second kappa shape index (κ2) is 3.24. The van der Waals surface area contributed by atoms with Crippen LogP contribution in [0.15, 0.2) is 28.7 Å². The minimum Gasteiger partial charge on any atom is -0.358 e. The van der Waals surface area contributed by atoms with Crippen LogP contribution in [-0.4, -0.2) is 4.98 Å². The molecule has 0 radical (unpaired) electrons. The van der Waals surface area contributed by atoms with Gasteiger partial charge in [-0.05, 0) is 35.0 Å². The van der Waals surface area contributed by atoms with Gasteiger partial charge in [-0.15, -0.1) is 0 Å². The van der Waals surface area contributed by atoms with E-state index < -0.39 is 0 Å². The van der Waals surface area contributed by atoms with Gasteiger partial charge in [0, 0.05) is 20.1 Å². The van der Waals surface area contributed by atoms with Crippen molar-refractivity contribution in [1.82, 2.24) is 4.98 Å². The molecule has 2 rings (SSSR count). The Kier molecular flexibility index (Phi) is 2.22. The summed E-state index contributed by atoms with van der Waals surface area (Å²) in [6.45, 7) is 2.01. The lowest BCUT2D eigenvalue weighted by molar-refractivity contribution is 1.25. The molecule has 0 atom stereocenters. The van der Waals surface area contributed by atoms with Crippen molar-refractivity contribution in [2.75, 3.05) is 0 Å². The molecule has 1 N–H and O–H groups in total. The summed E-state index contributed by atoms with van der Waals surface area (Å²) in [4.78, 5) is 3.29. The Labute approximate surface area is 89.9 Å². The minimum absolute atomic E-state index is 0.896. The van der Waals surface area contributed by atoms with Crippen LogP contribution in [0.2, 0.25) is 0 Å². The molecule has 1 aromatic carbocycles. The highest BCUT2D eigenvalue weighted by molar-refractivity contribution is 9.10. The van der Waals surface area contributed by atoms with Crippen LogP contribution in [0.5, 0.6) is 0 Å². The van der Waals surface area contributed by atoms with Gasteiger partial charge in [0.2, 0.25) is 0 Å². The van der Waals surface area contributed by atoms with Crippen molar-refractivity contribution in [3.05, 3.63) is 38.9 Å². The first kappa shape index (κ1) is 8.91. The average Bonchev–Trinajstić information content (AvgIpc) is 2.07. The number of H-pyrrole nitrogens is 1. The molecule has 0 amide bonds. The summed E-state index contributed by atoms with van der Waals surface area (Å²) in [6.07, 6.45) is 0. The van der Waals surface area contributed by atoms with Gasteiger partial charge >= 0.3 is 0 Å². The highest BCUT2D eigenvalue weighted by Gasteiger charge is 1.99. The Morgan fingerprint density at radius 1 is 1.38 bits per heavy atom. The number of nitrogens with one attached hydrogen (secondary N) is 1. The smallest absolute Gasteiger partial charge is 0.0614 e. The second-order valence-electron chi connectivity index (χ2n) is 2.98. The molecule has 2 aromatic rings. The van der Waals surface area contributed by atoms with Crippen LogP contribution >= 0.6 is 28.1 Å². The Bertz CT molecular complexity index is 516. The van der Waals surface area contributed by atoms with E-state index in [-0.39, 0.29) is 0 Å². The van der Waals surface area contributed by atoms with Crippen molar-refractivity contribution < 1.29 is 0 Å². The van der Waals surface area contributed by atoms with Crippen molar-refractivity contribution in [2.24, 2.45) is 0 Å². The van der Waals surface area contributed by atoms with Crippen LogP contribution in [0.1, 0.15) is 5.69 Å². The number of para-hydroxylation sites is 1. The summed E-state index contributed by atoms with van der Waals surface area (Å²) >= 11 is 8.75. The molecule has 0 saturated carbocycles. The number of hydrogen-bond acceptors (Lipinski definition) is 1. The van der Waals surface area contributed by atoms with Crippen LogP contribution in [0, 0.1) is 11.4 Å². The Morgan fingerprint density at radius 2 is 2.15 bits per heavy atom. The van der Waals surface area contributed by atoms with E-state index in [1.807, 2.05) is 31.2 Å². The molecule has 1 nitrogen and oxygen atoms in total. The lowest BCUT2D eigenvalue weighted by Crippen LogP contribution is -1.84. The van der Waals surface area contributed by atoms with Gasteiger partial charge in [0.25, 0.3) is 0 Å². The van der Waals surface area contributed by atoms with Gasteiger partial charge in [-0.25, -0.2) is 0 Å². The number of hydrogen-bond donors (Lipinski definition) is 1.